The van der Waals surface area contributed by atoms with Crippen LogP contribution in [0.2, 0.25) is 0 Å². The van der Waals surface area contributed by atoms with Crippen LogP contribution in [0, 0.1) is 0 Å². The van der Waals surface area contributed by atoms with E-state index in [-0.39, 0.29) is 17.9 Å². The Hall–Kier alpha value is -1.85. The van der Waals surface area contributed by atoms with Gasteiger partial charge in [0.15, 0.2) is 0 Å². The standard InChI is InChI=1S/C10H14N4O2/c15-9-3-2-8(13-9)10(16)11-5-7-14-6-1-4-12-14/h1,4,6,8H,2-3,5,7H2,(H,11,16)(H,13,15). The van der Waals surface area contributed by atoms with Gasteiger partial charge in [-0.2, -0.15) is 5.10 Å². The Kier molecular flexibility index (Phi) is 3.19. The highest BCUT2D eigenvalue weighted by atomic mass is 16.2. The Labute approximate surface area is 93.0 Å². The zero-order valence-electron chi connectivity index (χ0n) is 8.85. The van der Waals surface area contributed by atoms with Crippen LogP contribution in [0.1, 0.15) is 12.8 Å². The van der Waals surface area contributed by atoms with E-state index in [1.54, 1.807) is 10.9 Å². The molecule has 16 heavy (non-hydrogen) atoms. The third kappa shape index (κ3) is 2.59. The zero-order valence-corrected chi connectivity index (χ0v) is 8.85. The van der Waals surface area contributed by atoms with Crippen LogP contribution in [-0.4, -0.2) is 34.2 Å². The lowest BCUT2D eigenvalue weighted by molar-refractivity contribution is -0.125. The first-order valence-corrected chi connectivity index (χ1v) is 5.30. The highest BCUT2D eigenvalue weighted by molar-refractivity contribution is 5.90. The molecule has 1 aromatic heterocycles. The third-order valence-electron chi connectivity index (χ3n) is 2.51. The Morgan fingerprint density at radius 3 is 3.19 bits per heavy atom. The van der Waals surface area contributed by atoms with Gasteiger partial charge in [0.1, 0.15) is 6.04 Å². The van der Waals surface area contributed by atoms with Gasteiger partial charge in [-0.25, -0.2) is 0 Å². The highest BCUT2D eigenvalue weighted by Gasteiger charge is 2.26. The molecule has 0 aromatic carbocycles. The Balaban J connectivity index is 1.70. The molecule has 1 unspecified atom stereocenters. The molecule has 2 amide bonds. The van der Waals surface area contributed by atoms with Crippen molar-refractivity contribution in [1.29, 1.82) is 0 Å². The first-order chi connectivity index (χ1) is 7.75. The predicted molar refractivity (Wildman–Crippen MR) is 56.4 cm³/mol. The molecule has 1 saturated heterocycles. The zero-order chi connectivity index (χ0) is 11.4. The van der Waals surface area contributed by atoms with Crippen LogP contribution in [0.4, 0.5) is 0 Å². The summed E-state index contributed by atoms with van der Waals surface area (Å²) >= 11 is 0. The number of hydrogen-bond acceptors (Lipinski definition) is 3. The maximum absolute atomic E-state index is 11.6. The fourth-order valence-electron chi connectivity index (χ4n) is 1.66. The second-order valence-corrected chi connectivity index (χ2v) is 3.72. The molecule has 1 aliphatic heterocycles. The van der Waals surface area contributed by atoms with Crippen LogP contribution in [-0.2, 0) is 16.1 Å². The van der Waals surface area contributed by atoms with E-state index >= 15 is 0 Å². The summed E-state index contributed by atoms with van der Waals surface area (Å²) in [5, 5.41) is 9.41. The van der Waals surface area contributed by atoms with Gasteiger partial charge in [-0.1, -0.05) is 0 Å². The monoisotopic (exact) mass is 222 g/mol. The van der Waals surface area contributed by atoms with E-state index in [0.29, 0.717) is 25.9 Å². The van der Waals surface area contributed by atoms with Crippen molar-refractivity contribution in [3.05, 3.63) is 18.5 Å². The minimum atomic E-state index is -0.356. The lowest BCUT2D eigenvalue weighted by atomic mass is 10.2. The summed E-state index contributed by atoms with van der Waals surface area (Å²) in [7, 11) is 0. The van der Waals surface area contributed by atoms with Gasteiger partial charge in [-0.3, -0.25) is 14.3 Å². The lowest BCUT2D eigenvalue weighted by Gasteiger charge is -2.10. The molecule has 0 bridgehead atoms. The third-order valence-corrected chi connectivity index (χ3v) is 2.51. The molecule has 1 atom stereocenters. The Morgan fingerprint density at radius 1 is 1.69 bits per heavy atom. The fraction of sp³-hybridized carbons (Fsp3) is 0.500. The van der Waals surface area contributed by atoms with Crippen molar-refractivity contribution in [1.82, 2.24) is 20.4 Å². The summed E-state index contributed by atoms with van der Waals surface area (Å²) in [6.07, 6.45) is 4.56. The average molecular weight is 222 g/mol. The van der Waals surface area contributed by atoms with Crippen molar-refractivity contribution in [2.24, 2.45) is 0 Å². The van der Waals surface area contributed by atoms with Crippen molar-refractivity contribution in [2.45, 2.75) is 25.4 Å². The summed E-state index contributed by atoms with van der Waals surface area (Å²) in [6, 6.07) is 1.48. The fourth-order valence-corrected chi connectivity index (χ4v) is 1.66. The number of carbonyl (C=O) groups excluding carboxylic acids is 2. The van der Waals surface area contributed by atoms with Gasteiger partial charge < -0.3 is 10.6 Å². The van der Waals surface area contributed by atoms with Gasteiger partial charge in [-0.15, -0.1) is 0 Å². The molecule has 0 aliphatic carbocycles. The number of nitrogens with one attached hydrogen (secondary N) is 2. The molecule has 6 nitrogen and oxygen atoms in total. The smallest absolute Gasteiger partial charge is 0.242 e. The maximum Gasteiger partial charge on any atom is 0.242 e. The van der Waals surface area contributed by atoms with E-state index < -0.39 is 0 Å². The SMILES string of the molecule is O=C1CCC(C(=O)NCCn2cccn2)N1. The van der Waals surface area contributed by atoms with Crippen LogP contribution < -0.4 is 10.6 Å². The molecule has 2 rings (SSSR count). The molecule has 0 radical (unpaired) electrons. The summed E-state index contributed by atoms with van der Waals surface area (Å²) in [5.41, 5.74) is 0. The molecule has 6 heteroatoms. The number of nitrogens with zero attached hydrogens (tertiary/aromatic N) is 2. The summed E-state index contributed by atoms with van der Waals surface area (Å²) in [5.74, 6) is -0.162. The van der Waals surface area contributed by atoms with Gasteiger partial charge in [0.05, 0.1) is 6.54 Å². The maximum atomic E-state index is 11.6. The van der Waals surface area contributed by atoms with Gasteiger partial charge >= 0.3 is 0 Å². The van der Waals surface area contributed by atoms with E-state index in [0.717, 1.165) is 0 Å². The summed E-state index contributed by atoms with van der Waals surface area (Å²) in [4.78, 5) is 22.5. The van der Waals surface area contributed by atoms with Crippen LogP contribution in [0.15, 0.2) is 18.5 Å². The molecular weight excluding hydrogens is 208 g/mol. The lowest BCUT2D eigenvalue weighted by Crippen LogP contribution is -2.42. The van der Waals surface area contributed by atoms with Gasteiger partial charge in [-0.05, 0) is 12.5 Å². The number of carbonyl (C=O) groups is 2. The molecular formula is C10H14N4O2. The Morgan fingerprint density at radius 2 is 2.56 bits per heavy atom. The van der Waals surface area contributed by atoms with Gasteiger partial charge in [0.2, 0.25) is 11.8 Å². The molecule has 0 saturated carbocycles. The van der Waals surface area contributed by atoms with E-state index in [1.807, 2.05) is 12.3 Å². The molecule has 2 N–H and O–H groups in total. The average Bonchev–Trinajstić information content (AvgIpc) is 2.89. The number of hydrogen-bond donors (Lipinski definition) is 2. The second-order valence-electron chi connectivity index (χ2n) is 3.72. The van der Waals surface area contributed by atoms with Crippen molar-refractivity contribution >= 4 is 11.8 Å². The minimum Gasteiger partial charge on any atom is -0.352 e. The Bertz CT molecular complexity index is 374. The molecule has 1 aromatic rings. The summed E-state index contributed by atoms with van der Waals surface area (Å²) < 4.78 is 1.74. The van der Waals surface area contributed by atoms with Crippen molar-refractivity contribution < 1.29 is 9.59 Å². The van der Waals surface area contributed by atoms with Gasteiger partial charge in [0.25, 0.3) is 0 Å². The first-order valence-electron chi connectivity index (χ1n) is 5.30. The number of amides is 2. The molecule has 1 aliphatic rings. The molecule has 0 spiro atoms. The predicted octanol–water partition coefficient (Wildman–Crippen LogP) is -0.722. The van der Waals surface area contributed by atoms with Crippen LogP contribution in [0.25, 0.3) is 0 Å². The quantitative estimate of drug-likeness (QED) is 0.705. The topological polar surface area (TPSA) is 76.0 Å². The first kappa shape index (κ1) is 10.7. The molecule has 2 heterocycles. The second kappa shape index (κ2) is 4.78. The number of rotatable bonds is 4. The van der Waals surface area contributed by atoms with E-state index in [2.05, 4.69) is 15.7 Å². The number of aromatic nitrogens is 2. The highest BCUT2D eigenvalue weighted by Crippen LogP contribution is 2.05. The van der Waals surface area contributed by atoms with E-state index in [4.69, 9.17) is 0 Å². The van der Waals surface area contributed by atoms with Crippen molar-refractivity contribution in [3.63, 3.8) is 0 Å². The molecule has 86 valence electrons. The van der Waals surface area contributed by atoms with E-state index in [9.17, 15) is 9.59 Å². The van der Waals surface area contributed by atoms with E-state index in [1.165, 1.54) is 0 Å². The molecule has 1 fully saturated rings. The van der Waals surface area contributed by atoms with Crippen LogP contribution in [0.3, 0.4) is 0 Å². The van der Waals surface area contributed by atoms with Crippen LogP contribution in [0.5, 0.6) is 0 Å². The minimum absolute atomic E-state index is 0.0489. The summed E-state index contributed by atoms with van der Waals surface area (Å²) in [6.45, 7) is 1.16. The van der Waals surface area contributed by atoms with Gasteiger partial charge in [0, 0.05) is 25.4 Å². The largest absolute Gasteiger partial charge is 0.352 e. The van der Waals surface area contributed by atoms with Crippen molar-refractivity contribution in [2.75, 3.05) is 6.54 Å². The normalized spacial score (nSPS) is 19.5. The van der Waals surface area contributed by atoms with Crippen LogP contribution >= 0.6 is 0 Å². The van der Waals surface area contributed by atoms with Crippen molar-refractivity contribution in [3.8, 4) is 0 Å².